The van der Waals surface area contributed by atoms with Crippen molar-refractivity contribution in [2.24, 2.45) is 0 Å². The number of nitrogens with zero attached hydrogens (tertiary/aromatic N) is 4. The van der Waals surface area contributed by atoms with Crippen LogP contribution in [0.1, 0.15) is 11.1 Å². The van der Waals surface area contributed by atoms with Crippen LogP contribution in [0, 0.1) is 17.0 Å². The second kappa shape index (κ2) is 8.59. The largest absolute Gasteiger partial charge is 0.476 e. The van der Waals surface area contributed by atoms with Gasteiger partial charge in [-0.1, -0.05) is 29.8 Å². The molecule has 0 bridgehead atoms. The molecule has 0 unspecified atom stereocenters. The molecule has 1 aromatic heterocycles. The number of hydrogen-bond acceptors (Lipinski definition) is 6. The lowest BCUT2D eigenvalue weighted by Gasteiger charge is -2.34. The molecule has 1 aromatic carbocycles. The van der Waals surface area contributed by atoms with E-state index in [-0.39, 0.29) is 24.1 Å². The van der Waals surface area contributed by atoms with Crippen LogP contribution in [0.5, 0.6) is 5.75 Å². The van der Waals surface area contributed by atoms with Gasteiger partial charge < -0.3 is 19.8 Å². The molecule has 1 amide bonds. The zero-order chi connectivity index (χ0) is 19.2. The number of rotatable bonds is 6. The number of ether oxygens (including phenoxy) is 1. The summed E-state index contributed by atoms with van der Waals surface area (Å²) in [7, 11) is 0. The number of carbonyl (C=O) groups excluding carboxylic acids is 1. The maximum Gasteiger partial charge on any atom is 0.406 e. The van der Waals surface area contributed by atoms with Crippen LogP contribution < -0.4 is 4.74 Å². The average molecular weight is 370 g/mol. The summed E-state index contributed by atoms with van der Waals surface area (Å²) in [5.41, 5.74) is 2.50. The van der Waals surface area contributed by atoms with Crippen LogP contribution in [0.4, 0.5) is 5.82 Å². The summed E-state index contributed by atoms with van der Waals surface area (Å²) in [4.78, 5) is 30.4. The predicted octanol–water partition coefficient (Wildman–Crippen LogP) is 2.02. The highest BCUT2D eigenvalue weighted by atomic mass is 16.6. The Balaban J connectivity index is 1.48. The Kier molecular flexibility index (Phi) is 5.97. The third-order valence-electron chi connectivity index (χ3n) is 4.49. The average Bonchev–Trinajstić information content (AvgIpc) is 2.67. The number of nitro groups is 1. The summed E-state index contributed by atoms with van der Waals surface area (Å²) in [6, 6.07) is 11.4. The Morgan fingerprint density at radius 2 is 2.00 bits per heavy atom. The van der Waals surface area contributed by atoms with Crippen LogP contribution in [-0.4, -0.2) is 58.4 Å². The summed E-state index contributed by atoms with van der Waals surface area (Å²) < 4.78 is 5.34. The van der Waals surface area contributed by atoms with Crippen LogP contribution in [0.3, 0.4) is 0 Å². The smallest absolute Gasteiger partial charge is 0.406 e. The lowest BCUT2D eigenvalue weighted by Crippen LogP contribution is -2.49. The summed E-state index contributed by atoms with van der Waals surface area (Å²) in [6.45, 7) is 5.50. The molecule has 8 heteroatoms. The normalized spacial score (nSPS) is 14.8. The van der Waals surface area contributed by atoms with E-state index in [4.69, 9.17) is 4.74 Å². The number of aryl methyl sites for hydroxylation is 1. The van der Waals surface area contributed by atoms with E-state index in [1.807, 2.05) is 0 Å². The van der Waals surface area contributed by atoms with Gasteiger partial charge in [0.2, 0.25) is 5.75 Å². The molecule has 8 nitrogen and oxygen atoms in total. The van der Waals surface area contributed by atoms with Crippen LogP contribution in [0.2, 0.25) is 0 Å². The maximum atomic E-state index is 12.4. The van der Waals surface area contributed by atoms with Gasteiger partial charge >= 0.3 is 5.82 Å². The Hall–Kier alpha value is -3.00. The van der Waals surface area contributed by atoms with Crippen molar-refractivity contribution in [2.75, 3.05) is 32.8 Å². The molecule has 2 aromatic rings. The second-order valence-electron chi connectivity index (χ2n) is 6.52. The fraction of sp³-hybridized carbons (Fsp3) is 0.368. The zero-order valence-corrected chi connectivity index (χ0v) is 15.2. The van der Waals surface area contributed by atoms with Crippen molar-refractivity contribution in [1.29, 1.82) is 0 Å². The third kappa shape index (κ3) is 5.01. The van der Waals surface area contributed by atoms with Gasteiger partial charge in [-0.25, -0.2) is 0 Å². The van der Waals surface area contributed by atoms with Crippen molar-refractivity contribution < 1.29 is 14.5 Å². The van der Waals surface area contributed by atoms with Gasteiger partial charge in [-0.05, 0) is 34.5 Å². The Labute approximate surface area is 157 Å². The van der Waals surface area contributed by atoms with Gasteiger partial charge in [0.25, 0.3) is 5.91 Å². The fourth-order valence-corrected chi connectivity index (χ4v) is 3.09. The van der Waals surface area contributed by atoms with E-state index in [1.54, 1.807) is 4.90 Å². The van der Waals surface area contributed by atoms with Crippen molar-refractivity contribution in [1.82, 2.24) is 14.8 Å². The van der Waals surface area contributed by atoms with Gasteiger partial charge in [-0.2, -0.15) is 0 Å². The quantitative estimate of drug-likeness (QED) is 0.571. The maximum absolute atomic E-state index is 12.4. The van der Waals surface area contributed by atoms with Gasteiger partial charge in [0, 0.05) is 32.7 Å². The van der Waals surface area contributed by atoms with E-state index in [9.17, 15) is 14.9 Å². The molecule has 27 heavy (non-hydrogen) atoms. The highest BCUT2D eigenvalue weighted by Gasteiger charge is 2.23. The third-order valence-corrected chi connectivity index (χ3v) is 4.49. The monoisotopic (exact) mass is 370 g/mol. The van der Waals surface area contributed by atoms with Crippen molar-refractivity contribution in [3.05, 3.63) is 63.8 Å². The van der Waals surface area contributed by atoms with Crippen LogP contribution in [0.25, 0.3) is 0 Å². The molecule has 142 valence electrons. The minimum atomic E-state index is -0.621. The summed E-state index contributed by atoms with van der Waals surface area (Å²) in [5, 5.41) is 10.9. The van der Waals surface area contributed by atoms with Crippen molar-refractivity contribution >= 4 is 11.7 Å². The van der Waals surface area contributed by atoms with Gasteiger partial charge in [0.15, 0.2) is 6.61 Å². The van der Waals surface area contributed by atoms with E-state index in [0.717, 1.165) is 19.6 Å². The van der Waals surface area contributed by atoms with E-state index in [1.165, 1.54) is 29.5 Å². The van der Waals surface area contributed by atoms with Gasteiger partial charge in [0.05, 0.1) is 0 Å². The number of aromatic nitrogens is 1. The molecule has 2 heterocycles. The number of pyridine rings is 1. The first-order valence-corrected chi connectivity index (χ1v) is 8.81. The topological polar surface area (TPSA) is 88.8 Å². The van der Waals surface area contributed by atoms with Crippen molar-refractivity contribution in [2.45, 2.75) is 13.5 Å². The molecule has 1 aliphatic rings. The molecular weight excluding hydrogens is 348 g/mol. The number of hydrogen-bond donors (Lipinski definition) is 0. The SMILES string of the molecule is Cc1cccc(CN2CCN(C(=O)COc3cccnc3[N+](=O)[O-])CC2)c1. The summed E-state index contributed by atoms with van der Waals surface area (Å²) in [6.07, 6.45) is 1.32. The van der Waals surface area contributed by atoms with Crippen molar-refractivity contribution in [3.8, 4) is 5.75 Å². The molecule has 1 aliphatic heterocycles. The van der Waals surface area contributed by atoms with Crippen molar-refractivity contribution in [3.63, 3.8) is 0 Å². The first-order chi connectivity index (χ1) is 13.0. The molecule has 0 saturated carbocycles. The highest BCUT2D eigenvalue weighted by molar-refractivity contribution is 5.78. The standard InChI is InChI=1S/C19H22N4O4/c1-15-4-2-5-16(12-15)13-21-8-10-22(11-9-21)18(24)14-27-17-6-3-7-20-19(17)23(25)26/h2-7,12H,8-11,13-14H2,1H3. The van der Waals surface area contributed by atoms with E-state index < -0.39 is 4.92 Å². The Morgan fingerprint density at radius 3 is 2.70 bits per heavy atom. The Morgan fingerprint density at radius 1 is 1.22 bits per heavy atom. The number of carbonyl (C=O) groups is 1. The highest BCUT2D eigenvalue weighted by Crippen LogP contribution is 2.22. The number of piperazine rings is 1. The van der Waals surface area contributed by atoms with Crippen LogP contribution in [0.15, 0.2) is 42.6 Å². The van der Waals surface area contributed by atoms with E-state index in [0.29, 0.717) is 13.1 Å². The minimum absolute atomic E-state index is 0.00827. The Bertz CT molecular complexity index is 819. The van der Waals surface area contributed by atoms with E-state index >= 15 is 0 Å². The first-order valence-electron chi connectivity index (χ1n) is 8.81. The number of benzene rings is 1. The molecular formula is C19H22N4O4. The second-order valence-corrected chi connectivity index (χ2v) is 6.52. The van der Waals surface area contributed by atoms with Gasteiger partial charge in [-0.15, -0.1) is 0 Å². The summed E-state index contributed by atoms with van der Waals surface area (Å²) in [5.74, 6) is -0.550. The molecule has 0 spiro atoms. The van der Waals surface area contributed by atoms with Gasteiger partial charge in [0.1, 0.15) is 6.20 Å². The fourth-order valence-electron chi connectivity index (χ4n) is 3.09. The molecule has 0 radical (unpaired) electrons. The van der Waals surface area contributed by atoms with Crippen LogP contribution in [-0.2, 0) is 11.3 Å². The van der Waals surface area contributed by atoms with Crippen LogP contribution >= 0.6 is 0 Å². The summed E-state index contributed by atoms with van der Waals surface area (Å²) >= 11 is 0. The van der Waals surface area contributed by atoms with Gasteiger partial charge in [-0.3, -0.25) is 9.69 Å². The lowest BCUT2D eigenvalue weighted by molar-refractivity contribution is -0.390. The molecule has 0 N–H and O–H groups in total. The molecule has 0 atom stereocenters. The predicted molar refractivity (Wildman–Crippen MR) is 99.4 cm³/mol. The van der Waals surface area contributed by atoms with E-state index in [2.05, 4.69) is 41.1 Å². The molecule has 1 saturated heterocycles. The lowest BCUT2D eigenvalue weighted by atomic mass is 10.1. The first kappa shape index (κ1) is 18.8. The minimum Gasteiger partial charge on any atom is -0.476 e. The number of amides is 1. The molecule has 1 fully saturated rings. The molecule has 0 aliphatic carbocycles. The molecule has 3 rings (SSSR count). The zero-order valence-electron chi connectivity index (χ0n) is 15.2.